The molecule has 0 aromatic rings. The van der Waals surface area contributed by atoms with Gasteiger partial charge in [0.25, 0.3) is 0 Å². The number of hydrogen-bond acceptors (Lipinski definition) is 4. The van der Waals surface area contributed by atoms with Crippen molar-refractivity contribution in [2.24, 2.45) is 10.9 Å². The van der Waals surface area contributed by atoms with Crippen LogP contribution in [0.5, 0.6) is 0 Å². The molecule has 2 rings (SSSR count). The molecule has 0 radical (unpaired) electrons. The third-order valence-corrected chi connectivity index (χ3v) is 3.58. The van der Waals surface area contributed by atoms with E-state index >= 15 is 0 Å². The average Bonchev–Trinajstić information content (AvgIpc) is 2.46. The molecule has 0 N–H and O–H groups in total. The van der Waals surface area contributed by atoms with E-state index in [1.165, 1.54) is 0 Å². The monoisotopic (exact) mass is 241 g/mol. The molecule has 4 heteroatoms. The van der Waals surface area contributed by atoms with E-state index < -0.39 is 5.97 Å². The van der Waals surface area contributed by atoms with Crippen LogP contribution in [0.25, 0.3) is 0 Å². The normalized spacial score (nSPS) is 39.6. The first-order valence-corrected chi connectivity index (χ1v) is 6.48. The largest absolute Gasteiger partial charge is 0.424 e. The summed E-state index contributed by atoms with van der Waals surface area (Å²) in [6, 6.07) is 0. The van der Waals surface area contributed by atoms with Gasteiger partial charge in [0.05, 0.1) is 6.10 Å². The van der Waals surface area contributed by atoms with Gasteiger partial charge < -0.3 is 14.2 Å². The summed E-state index contributed by atoms with van der Waals surface area (Å²) in [7, 11) is 1.63. The molecule has 1 fully saturated rings. The molecule has 3 atom stereocenters. The zero-order valence-electron chi connectivity index (χ0n) is 11.4. The Morgan fingerprint density at radius 3 is 2.71 bits per heavy atom. The Hall–Kier alpha value is -0.610. The summed E-state index contributed by atoms with van der Waals surface area (Å²) in [6.07, 6.45) is 3.09. The van der Waals surface area contributed by atoms with Gasteiger partial charge in [-0.05, 0) is 18.8 Å². The molecule has 0 aliphatic carbocycles. The predicted molar refractivity (Wildman–Crippen MR) is 65.9 cm³/mol. The molecule has 4 nitrogen and oxygen atoms in total. The Labute approximate surface area is 103 Å². The molecule has 17 heavy (non-hydrogen) atoms. The standard InChI is InChI=1S/C13H23NO3/c1-6-7-12-11(8-9(2)3)17-13(12,15-5)16-10(4)14-12/h9,11H,6-8H2,1-5H3/t11-,12+,13-/m1/s1. The highest BCUT2D eigenvalue weighted by Crippen LogP contribution is 2.55. The van der Waals surface area contributed by atoms with Crippen LogP contribution >= 0.6 is 0 Å². The Morgan fingerprint density at radius 2 is 2.18 bits per heavy atom. The molecule has 0 spiro atoms. The lowest BCUT2D eigenvalue weighted by Crippen LogP contribution is -2.73. The first kappa shape index (κ1) is 12.8. The van der Waals surface area contributed by atoms with E-state index in [2.05, 4.69) is 20.8 Å². The summed E-state index contributed by atoms with van der Waals surface area (Å²) in [5, 5.41) is 0. The van der Waals surface area contributed by atoms with E-state index in [1.54, 1.807) is 7.11 Å². The van der Waals surface area contributed by atoms with Crippen molar-refractivity contribution in [3.05, 3.63) is 0 Å². The Morgan fingerprint density at radius 1 is 1.47 bits per heavy atom. The van der Waals surface area contributed by atoms with Gasteiger partial charge in [-0.2, -0.15) is 0 Å². The topological polar surface area (TPSA) is 40.0 Å². The molecule has 0 unspecified atom stereocenters. The molecular formula is C13H23NO3. The quantitative estimate of drug-likeness (QED) is 0.743. The second-order valence-corrected chi connectivity index (χ2v) is 5.40. The zero-order valence-corrected chi connectivity index (χ0v) is 11.4. The van der Waals surface area contributed by atoms with Gasteiger partial charge in [-0.3, -0.25) is 0 Å². The van der Waals surface area contributed by atoms with Crippen LogP contribution in [0.4, 0.5) is 0 Å². The smallest absolute Gasteiger partial charge is 0.357 e. The van der Waals surface area contributed by atoms with Gasteiger partial charge in [0, 0.05) is 14.0 Å². The number of hydrogen-bond donors (Lipinski definition) is 0. The third kappa shape index (κ3) is 1.69. The average molecular weight is 241 g/mol. The van der Waals surface area contributed by atoms with E-state index in [1.807, 2.05) is 6.92 Å². The minimum absolute atomic E-state index is 0.111. The van der Waals surface area contributed by atoms with Crippen molar-refractivity contribution < 1.29 is 14.2 Å². The van der Waals surface area contributed by atoms with E-state index in [0.717, 1.165) is 19.3 Å². The highest BCUT2D eigenvalue weighted by atomic mass is 16.9. The van der Waals surface area contributed by atoms with Gasteiger partial charge in [-0.25, -0.2) is 4.99 Å². The summed E-state index contributed by atoms with van der Waals surface area (Å²) in [5.74, 6) is 0.304. The van der Waals surface area contributed by atoms with Crippen LogP contribution in [0.15, 0.2) is 4.99 Å². The fourth-order valence-electron chi connectivity index (χ4n) is 2.97. The van der Waals surface area contributed by atoms with E-state index in [-0.39, 0.29) is 11.6 Å². The minimum atomic E-state index is -0.952. The molecular weight excluding hydrogens is 218 g/mol. The fourth-order valence-corrected chi connectivity index (χ4v) is 2.97. The number of nitrogens with zero attached hydrogens (tertiary/aromatic N) is 1. The first-order valence-electron chi connectivity index (χ1n) is 6.48. The summed E-state index contributed by atoms with van der Waals surface area (Å²) < 4.78 is 17.0. The molecule has 0 bridgehead atoms. The van der Waals surface area contributed by atoms with Crippen molar-refractivity contribution in [1.29, 1.82) is 0 Å². The maximum atomic E-state index is 5.88. The van der Waals surface area contributed by atoms with Gasteiger partial charge in [0.15, 0.2) is 11.4 Å². The van der Waals surface area contributed by atoms with Crippen LogP contribution in [-0.4, -0.2) is 30.6 Å². The summed E-state index contributed by atoms with van der Waals surface area (Å²) in [5.41, 5.74) is -0.329. The highest BCUT2D eigenvalue weighted by Gasteiger charge is 2.74. The second kappa shape index (κ2) is 4.25. The SMILES string of the molecule is CCC[C@@]12N=C(C)O[C@@]1(OC)O[C@@H]2CC(C)C. The maximum Gasteiger partial charge on any atom is 0.357 e. The van der Waals surface area contributed by atoms with Gasteiger partial charge in [0.2, 0.25) is 0 Å². The Kier molecular flexibility index (Phi) is 3.21. The fraction of sp³-hybridized carbons (Fsp3) is 0.923. The number of rotatable bonds is 5. The van der Waals surface area contributed by atoms with E-state index in [9.17, 15) is 0 Å². The first-order chi connectivity index (χ1) is 7.99. The number of fused-ring (bicyclic) bond motifs is 1. The van der Waals surface area contributed by atoms with Crippen LogP contribution in [0.3, 0.4) is 0 Å². The van der Waals surface area contributed by atoms with Crippen LogP contribution in [0, 0.1) is 5.92 Å². The maximum absolute atomic E-state index is 5.88. The third-order valence-electron chi connectivity index (χ3n) is 3.58. The van der Waals surface area contributed by atoms with Crippen molar-refractivity contribution in [3.8, 4) is 0 Å². The zero-order chi connectivity index (χ0) is 12.7. The summed E-state index contributed by atoms with van der Waals surface area (Å²) >= 11 is 0. The number of ether oxygens (including phenoxy) is 3. The van der Waals surface area contributed by atoms with E-state index in [0.29, 0.717) is 11.8 Å². The lowest BCUT2D eigenvalue weighted by atomic mass is 9.77. The number of methoxy groups -OCH3 is 1. The Balaban J connectivity index is 2.25. The molecule has 2 heterocycles. The number of aliphatic imine (C=N–C) groups is 1. The van der Waals surface area contributed by atoms with Crippen LogP contribution in [0.1, 0.15) is 47.0 Å². The van der Waals surface area contributed by atoms with Crippen LogP contribution < -0.4 is 0 Å². The van der Waals surface area contributed by atoms with Crippen molar-refractivity contribution in [2.75, 3.05) is 7.11 Å². The molecule has 0 aromatic heterocycles. The lowest BCUT2D eigenvalue weighted by Gasteiger charge is -2.55. The van der Waals surface area contributed by atoms with Crippen LogP contribution in [0.2, 0.25) is 0 Å². The molecule has 2 aliphatic heterocycles. The summed E-state index contributed by atoms with van der Waals surface area (Å²) in [4.78, 5) is 4.70. The molecule has 98 valence electrons. The second-order valence-electron chi connectivity index (χ2n) is 5.40. The van der Waals surface area contributed by atoms with Crippen LogP contribution in [-0.2, 0) is 14.2 Å². The van der Waals surface area contributed by atoms with Crippen molar-refractivity contribution >= 4 is 5.90 Å². The predicted octanol–water partition coefficient (Wildman–Crippen LogP) is 2.72. The highest BCUT2D eigenvalue weighted by molar-refractivity contribution is 5.76. The molecule has 2 aliphatic rings. The van der Waals surface area contributed by atoms with Gasteiger partial charge in [-0.15, -0.1) is 0 Å². The lowest BCUT2D eigenvalue weighted by molar-refractivity contribution is -0.462. The van der Waals surface area contributed by atoms with Gasteiger partial charge in [0.1, 0.15) is 0 Å². The van der Waals surface area contributed by atoms with Crippen molar-refractivity contribution in [3.63, 3.8) is 0 Å². The molecule has 1 saturated heterocycles. The minimum Gasteiger partial charge on any atom is -0.424 e. The van der Waals surface area contributed by atoms with E-state index in [4.69, 9.17) is 19.2 Å². The Bertz CT molecular complexity index is 329. The van der Waals surface area contributed by atoms with Gasteiger partial charge in [-0.1, -0.05) is 27.2 Å². The molecule has 0 amide bonds. The van der Waals surface area contributed by atoms with Gasteiger partial charge >= 0.3 is 5.97 Å². The summed E-state index contributed by atoms with van der Waals surface area (Å²) in [6.45, 7) is 8.42. The molecule has 0 saturated carbocycles. The van der Waals surface area contributed by atoms with Crippen molar-refractivity contribution in [2.45, 2.75) is 64.6 Å². The van der Waals surface area contributed by atoms with Crippen molar-refractivity contribution in [1.82, 2.24) is 0 Å². The molecule has 0 aromatic carbocycles.